The minimum Gasteiger partial charge on any atom is -0.449 e. The average Bonchev–Trinajstić information content (AvgIpc) is 2.75. The summed E-state index contributed by atoms with van der Waals surface area (Å²) in [6.45, 7) is 3.51. The molecule has 4 fully saturated rings. The monoisotopic (exact) mass is 478 g/mol. The van der Waals surface area contributed by atoms with E-state index in [1.165, 1.54) is 6.92 Å². The van der Waals surface area contributed by atoms with Gasteiger partial charge in [0, 0.05) is 6.42 Å². The van der Waals surface area contributed by atoms with Crippen molar-refractivity contribution in [2.24, 2.45) is 34.6 Å². The van der Waals surface area contributed by atoms with Gasteiger partial charge in [-0.05, 0) is 76.0 Å². The first kappa shape index (κ1) is 26.1. The van der Waals surface area contributed by atoms with Crippen molar-refractivity contribution in [1.29, 1.82) is 0 Å². The molecule has 4 aliphatic rings. The number of unbranched alkanes of at least 4 members (excludes halogenated alkanes) is 1. The molecule has 0 radical (unpaired) electrons. The van der Waals surface area contributed by atoms with Gasteiger partial charge in [0.05, 0.1) is 18.1 Å². The maximum Gasteiger partial charge on any atom is 0.423 e. The van der Waals surface area contributed by atoms with Crippen LogP contribution >= 0.6 is 0 Å². The van der Waals surface area contributed by atoms with Crippen LogP contribution in [0.1, 0.15) is 78.1 Å². The topological polar surface area (TPSA) is 162 Å². The Hall–Kier alpha value is -2.49. The normalized spacial score (nSPS) is 28.6. The number of carbonyl (C=O) groups is 5. The van der Waals surface area contributed by atoms with Crippen LogP contribution in [-0.2, 0) is 23.9 Å². The maximum atomic E-state index is 13.8. The molecule has 5 amide bonds. The summed E-state index contributed by atoms with van der Waals surface area (Å²) in [6.07, 6.45) is 5.38. The third-order valence-corrected chi connectivity index (χ3v) is 7.57. The van der Waals surface area contributed by atoms with Crippen LogP contribution in [0.15, 0.2) is 0 Å². The number of amides is 5. The Morgan fingerprint density at radius 2 is 1.62 bits per heavy atom. The zero-order valence-corrected chi connectivity index (χ0v) is 20.2. The molecule has 0 aliphatic heterocycles. The highest BCUT2D eigenvalue weighted by Crippen LogP contribution is 2.60. The molecule has 0 aromatic rings. The van der Waals surface area contributed by atoms with E-state index in [0.717, 1.165) is 25.7 Å². The second kappa shape index (κ2) is 10.8. The highest BCUT2D eigenvalue weighted by atomic mass is 16.6. The molecule has 190 valence electrons. The lowest BCUT2D eigenvalue weighted by Gasteiger charge is -2.56. The molecule has 0 unspecified atom stereocenters. The number of primary amides is 1. The van der Waals surface area contributed by atoms with E-state index in [1.807, 2.05) is 6.92 Å². The van der Waals surface area contributed by atoms with E-state index in [1.54, 1.807) is 0 Å². The third-order valence-electron chi connectivity index (χ3n) is 7.57. The molecule has 0 aromatic heterocycles. The van der Waals surface area contributed by atoms with Crippen molar-refractivity contribution in [3.05, 3.63) is 0 Å². The number of carbonyl (C=O) groups excluding carboxylic acids is 5. The molecule has 2 atom stereocenters. The van der Waals surface area contributed by atoms with E-state index < -0.39 is 47.2 Å². The zero-order valence-electron chi connectivity index (χ0n) is 20.2. The molecule has 0 heterocycles. The Labute approximate surface area is 200 Å². The first-order valence-electron chi connectivity index (χ1n) is 12.5. The summed E-state index contributed by atoms with van der Waals surface area (Å²) in [6, 6.07) is -2.00. The number of nitrogens with one attached hydrogen (secondary N) is 1. The van der Waals surface area contributed by atoms with Crippen molar-refractivity contribution in [3.63, 3.8) is 0 Å². The van der Waals surface area contributed by atoms with Gasteiger partial charge in [0.2, 0.25) is 23.6 Å². The number of hydrogen-bond donors (Lipinski definition) is 3. The number of rotatable bonds is 10. The molecule has 10 heteroatoms. The van der Waals surface area contributed by atoms with E-state index in [-0.39, 0.29) is 19.4 Å². The predicted octanol–water partition coefficient (Wildman–Crippen LogP) is 1.59. The van der Waals surface area contributed by atoms with Gasteiger partial charge in [0.1, 0.15) is 6.04 Å². The van der Waals surface area contributed by atoms with Crippen LogP contribution in [0.5, 0.6) is 0 Å². The minimum absolute atomic E-state index is 0.113. The van der Waals surface area contributed by atoms with Crippen LogP contribution < -0.4 is 16.8 Å². The molecule has 5 N–H and O–H groups in total. The van der Waals surface area contributed by atoms with Gasteiger partial charge in [-0.2, -0.15) is 4.90 Å². The molecule has 4 bridgehead atoms. The molecule has 0 aromatic carbocycles. The smallest absolute Gasteiger partial charge is 0.423 e. The Balaban J connectivity index is 1.75. The van der Waals surface area contributed by atoms with Crippen LogP contribution in [0, 0.1) is 23.2 Å². The van der Waals surface area contributed by atoms with E-state index in [9.17, 15) is 24.0 Å². The van der Waals surface area contributed by atoms with Crippen molar-refractivity contribution >= 4 is 29.7 Å². The van der Waals surface area contributed by atoms with E-state index in [4.69, 9.17) is 16.2 Å². The SMILES string of the molecule is CCCCOC(=O)N(C(=O)CC[C@@H](NC(=O)[C@H](C)N)C(N)=O)C(=O)C12CC3CC(CC(C3)C1)C2. The molecule has 4 aliphatic carbocycles. The lowest BCUT2D eigenvalue weighted by atomic mass is 9.49. The second-order valence-corrected chi connectivity index (χ2v) is 10.5. The Kier molecular flexibility index (Phi) is 8.33. The lowest BCUT2D eigenvalue weighted by Crippen LogP contribution is -2.57. The van der Waals surface area contributed by atoms with Crippen molar-refractivity contribution in [1.82, 2.24) is 10.2 Å². The number of imide groups is 3. The van der Waals surface area contributed by atoms with Crippen molar-refractivity contribution < 1.29 is 28.7 Å². The van der Waals surface area contributed by atoms with Gasteiger partial charge in [-0.25, -0.2) is 4.79 Å². The molecule has 10 nitrogen and oxygen atoms in total. The molecule has 0 spiro atoms. The highest BCUT2D eigenvalue weighted by molar-refractivity contribution is 6.10. The highest BCUT2D eigenvalue weighted by Gasteiger charge is 2.57. The first-order valence-corrected chi connectivity index (χ1v) is 12.5. The number of nitrogens with two attached hydrogens (primary N) is 2. The van der Waals surface area contributed by atoms with Crippen LogP contribution in [0.2, 0.25) is 0 Å². The Morgan fingerprint density at radius 1 is 1.06 bits per heavy atom. The quantitative estimate of drug-likeness (QED) is 0.402. The van der Waals surface area contributed by atoms with Crippen LogP contribution in [-0.4, -0.2) is 53.3 Å². The van der Waals surface area contributed by atoms with Crippen molar-refractivity contribution in [2.45, 2.75) is 90.1 Å². The van der Waals surface area contributed by atoms with Crippen LogP contribution in [0.25, 0.3) is 0 Å². The zero-order chi connectivity index (χ0) is 25.0. The van der Waals surface area contributed by atoms with Gasteiger partial charge < -0.3 is 21.5 Å². The van der Waals surface area contributed by atoms with Gasteiger partial charge in [-0.15, -0.1) is 0 Å². The fourth-order valence-corrected chi connectivity index (χ4v) is 6.24. The van der Waals surface area contributed by atoms with E-state index in [0.29, 0.717) is 48.3 Å². The van der Waals surface area contributed by atoms with Crippen molar-refractivity contribution in [2.75, 3.05) is 6.61 Å². The fraction of sp³-hybridized carbons (Fsp3) is 0.792. The predicted molar refractivity (Wildman–Crippen MR) is 123 cm³/mol. The summed E-state index contributed by atoms with van der Waals surface area (Å²) >= 11 is 0. The van der Waals surface area contributed by atoms with Gasteiger partial charge in [-0.3, -0.25) is 19.2 Å². The second-order valence-electron chi connectivity index (χ2n) is 10.5. The number of hydrogen-bond acceptors (Lipinski definition) is 7. The summed E-state index contributed by atoms with van der Waals surface area (Å²) in [4.78, 5) is 64.3. The summed E-state index contributed by atoms with van der Waals surface area (Å²) < 4.78 is 5.27. The summed E-state index contributed by atoms with van der Waals surface area (Å²) in [5, 5.41) is 2.41. The Bertz CT molecular complexity index is 791. The maximum absolute atomic E-state index is 13.8. The number of ether oxygens (including phenoxy) is 1. The minimum atomic E-state index is -1.14. The van der Waals surface area contributed by atoms with Gasteiger partial charge in [-0.1, -0.05) is 13.3 Å². The molecular formula is C24H38N4O6. The standard InChI is InChI=1S/C24H38N4O6/c1-3-4-7-34-23(33)28(19(29)6-5-18(20(26)30)27-21(31)14(2)25)22(32)24-11-15-8-16(12-24)10-17(9-15)13-24/h14-18H,3-13,25H2,1-2H3,(H2,26,30)(H,27,31)/t14-,15?,16?,17?,18+,24?/m0/s1. The lowest BCUT2D eigenvalue weighted by molar-refractivity contribution is -0.161. The van der Waals surface area contributed by atoms with Gasteiger partial charge in [0.15, 0.2) is 0 Å². The third kappa shape index (κ3) is 5.76. The van der Waals surface area contributed by atoms with E-state index in [2.05, 4.69) is 5.32 Å². The molecule has 4 rings (SSSR count). The first-order chi connectivity index (χ1) is 16.1. The summed E-state index contributed by atoms with van der Waals surface area (Å²) in [5.74, 6) is -1.28. The molecule has 34 heavy (non-hydrogen) atoms. The molecular weight excluding hydrogens is 440 g/mol. The fourth-order valence-electron chi connectivity index (χ4n) is 6.24. The van der Waals surface area contributed by atoms with Crippen LogP contribution in [0.3, 0.4) is 0 Å². The summed E-state index contributed by atoms with van der Waals surface area (Å²) in [5.41, 5.74) is 10.2. The summed E-state index contributed by atoms with van der Waals surface area (Å²) in [7, 11) is 0. The molecule has 0 saturated heterocycles. The van der Waals surface area contributed by atoms with Crippen molar-refractivity contribution in [3.8, 4) is 0 Å². The van der Waals surface area contributed by atoms with Gasteiger partial charge >= 0.3 is 6.09 Å². The van der Waals surface area contributed by atoms with E-state index >= 15 is 0 Å². The van der Waals surface area contributed by atoms with Crippen LogP contribution in [0.4, 0.5) is 4.79 Å². The largest absolute Gasteiger partial charge is 0.449 e. The number of nitrogens with zero attached hydrogens (tertiary/aromatic N) is 1. The molecule has 4 saturated carbocycles. The Morgan fingerprint density at radius 3 is 2.09 bits per heavy atom. The average molecular weight is 479 g/mol. The van der Waals surface area contributed by atoms with Gasteiger partial charge in [0.25, 0.3) is 0 Å².